The Morgan fingerprint density at radius 3 is 2.32 bits per heavy atom. The normalized spacial score (nSPS) is 11.6. The average molecular weight is 448 g/mol. The smallest absolute Gasteiger partial charge is 0.221 e. The van der Waals surface area contributed by atoms with Gasteiger partial charge in [0.25, 0.3) is 0 Å². The van der Waals surface area contributed by atoms with E-state index in [2.05, 4.69) is 87.3 Å². The predicted molar refractivity (Wildman–Crippen MR) is 139 cm³/mol. The zero-order valence-electron chi connectivity index (χ0n) is 20.1. The zero-order valence-corrected chi connectivity index (χ0v) is 20.1. The van der Waals surface area contributed by atoms with E-state index in [9.17, 15) is 0 Å². The summed E-state index contributed by atoms with van der Waals surface area (Å²) in [6, 6.07) is 27.2. The van der Waals surface area contributed by atoms with E-state index in [0.717, 1.165) is 44.3 Å². The first-order valence-electron chi connectivity index (χ1n) is 11.6. The maximum atomic E-state index is 6.19. The molecular weight excluding hydrogens is 418 g/mol. The summed E-state index contributed by atoms with van der Waals surface area (Å²) in [6.45, 7) is 9.23. The molecule has 170 valence electrons. The van der Waals surface area contributed by atoms with Crippen molar-refractivity contribution in [2.24, 2.45) is 0 Å². The number of nitrogens with zero attached hydrogens (tertiary/aromatic N) is 1. The van der Waals surface area contributed by atoms with Crippen molar-refractivity contribution in [2.45, 2.75) is 39.7 Å². The molecule has 0 saturated heterocycles. The van der Waals surface area contributed by atoms with Crippen molar-refractivity contribution in [1.29, 1.82) is 0 Å². The molecule has 0 amide bonds. The van der Waals surface area contributed by atoms with Gasteiger partial charge < -0.3 is 9.15 Å². The number of hydrogen-bond acceptors (Lipinski definition) is 3. The number of aromatic nitrogens is 1. The van der Waals surface area contributed by atoms with Crippen molar-refractivity contribution in [3.05, 3.63) is 108 Å². The van der Waals surface area contributed by atoms with E-state index in [4.69, 9.17) is 9.15 Å². The molecule has 0 fully saturated rings. The van der Waals surface area contributed by atoms with Gasteiger partial charge in [-0.15, -0.1) is 0 Å². The Hall–Kier alpha value is -3.85. The van der Waals surface area contributed by atoms with Crippen molar-refractivity contribution in [1.82, 2.24) is 4.98 Å². The third-order valence-electron chi connectivity index (χ3n) is 6.14. The third-order valence-corrected chi connectivity index (χ3v) is 6.14. The molecule has 0 unspecified atom stereocenters. The lowest BCUT2D eigenvalue weighted by atomic mass is 9.83. The van der Waals surface area contributed by atoms with Crippen LogP contribution in [0.4, 0.5) is 0 Å². The molecule has 0 aliphatic carbocycles. The maximum Gasteiger partial charge on any atom is 0.221 e. The van der Waals surface area contributed by atoms with Crippen molar-refractivity contribution in [3.8, 4) is 28.1 Å². The van der Waals surface area contributed by atoms with Crippen LogP contribution in [-0.4, -0.2) is 4.98 Å². The van der Waals surface area contributed by atoms with Crippen molar-refractivity contribution < 1.29 is 9.15 Å². The SMILES string of the molecule is Cc1ccc(-c2coc3c(C(C)(C)C)cc(-c4cccnc4OCc4ccccc4)cc23)cc1. The molecule has 0 bridgehead atoms. The van der Waals surface area contributed by atoms with Gasteiger partial charge in [0, 0.05) is 28.3 Å². The molecule has 0 saturated carbocycles. The monoisotopic (exact) mass is 447 g/mol. The van der Waals surface area contributed by atoms with Crippen LogP contribution in [0.15, 0.2) is 95.7 Å². The summed E-state index contributed by atoms with van der Waals surface area (Å²) in [5.41, 5.74) is 8.64. The van der Waals surface area contributed by atoms with Gasteiger partial charge in [-0.2, -0.15) is 0 Å². The highest BCUT2D eigenvalue weighted by molar-refractivity contribution is 5.99. The number of furan rings is 1. The summed E-state index contributed by atoms with van der Waals surface area (Å²) < 4.78 is 12.4. The summed E-state index contributed by atoms with van der Waals surface area (Å²) in [5.74, 6) is 0.631. The molecule has 0 aliphatic heterocycles. The van der Waals surface area contributed by atoms with E-state index in [1.54, 1.807) is 6.20 Å². The van der Waals surface area contributed by atoms with Gasteiger partial charge in [-0.05, 0) is 53.3 Å². The fraction of sp³-hybridized carbons (Fsp3) is 0.194. The van der Waals surface area contributed by atoms with Gasteiger partial charge in [0.1, 0.15) is 12.2 Å². The number of aryl methyl sites for hydroxylation is 1. The molecule has 5 rings (SSSR count). The number of benzene rings is 3. The predicted octanol–water partition coefficient (Wildman–Crippen LogP) is 8.35. The Bertz CT molecular complexity index is 1420. The van der Waals surface area contributed by atoms with Crippen molar-refractivity contribution in [3.63, 3.8) is 0 Å². The summed E-state index contributed by atoms with van der Waals surface area (Å²) in [4.78, 5) is 4.57. The highest BCUT2D eigenvalue weighted by Gasteiger charge is 2.23. The number of pyridine rings is 1. The topological polar surface area (TPSA) is 35.3 Å². The van der Waals surface area contributed by atoms with Crippen LogP contribution in [-0.2, 0) is 12.0 Å². The molecular formula is C31H29NO2. The molecule has 3 aromatic carbocycles. The molecule has 2 heterocycles. The number of fused-ring (bicyclic) bond motifs is 1. The van der Waals surface area contributed by atoms with Crippen LogP contribution in [0.2, 0.25) is 0 Å². The standard InChI is InChI=1S/C31H29NO2/c1-21-12-14-23(15-13-21)27-20-33-29-26(27)17-24(18-28(29)31(2,3)4)25-11-8-16-32-30(25)34-19-22-9-6-5-7-10-22/h5-18,20H,19H2,1-4H3. The van der Waals surface area contributed by atoms with E-state index in [0.29, 0.717) is 12.5 Å². The van der Waals surface area contributed by atoms with E-state index >= 15 is 0 Å². The minimum Gasteiger partial charge on any atom is -0.472 e. The summed E-state index contributed by atoms with van der Waals surface area (Å²) >= 11 is 0. The lowest BCUT2D eigenvalue weighted by Gasteiger charge is -2.21. The van der Waals surface area contributed by atoms with Crippen LogP contribution < -0.4 is 4.74 Å². The second kappa shape index (κ2) is 8.83. The van der Waals surface area contributed by atoms with Crippen LogP contribution in [0.25, 0.3) is 33.2 Å². The van der Waals surface area contributed by atoms with Crippen molar-refractivity contribution in [2.75, 3.05) is 0 Å². The van der Waals surface area contributed by atoms with E-state index in [-0.39, 0.29) is 5.41 Å². The number of ether oxygens (including phenoxy) is 1. The van der Waals surface area contributed by atoms with Gasteiger partial charge in [-0.3, -0.25) is 0 Å². The van der Waals surface area contributed by atoms with Gasteiger partial charge in [-0.1, -0.05) is 80.9 Å². The summed E-state index contributed by atoms with van der Waals surface area (Å²) in [7, 11) is 0. The minimum absolute atomic E-state index is 0.0933. The Morgan fingerprint density at radius 2 is 1.59 bits per heavy atom. The number of rotatable bonds is 5. The number of hydrogen-bond donors (Lipinski definition) is 0. The molecule has 34 heavy (non-hydrogen) atoms. The molecule has 0 radical (unpaired) electrons. The quantitative estimate of drug-likeness (QED) is 0.271. The molecule has 0 spiro atoms. The second-order valence-corrected chi connectivity index (χ2v) is 9.80. The third kappa shape index (κ3) is 4.34. The van der Waals surface area contributed by atoms with Crippen molar-refractivity contribution >= 4 is 11.0 Å². The molecule has 0 aliphatic rings. The second-order valence-electron chi connectivity index (χ2n) is 9.80. The zero-order chi connectivity index (χ0) is 23.7. The van der Waals surface area contributed by atoms with Crippen LogP contribution in [0, 0.1) is 6.92 Å². The van der Waals surface area contributed by atoms with Crippen LogP contribution in [0.1, 0.15) is 37.5 Å². The van der Waals surface area contributed by atoms with Crippen LogP contribution in [0.5, 0.6) is 5.88 Å². The van der Waals surface area contributed by atoms with Gasteiger partial charge in [-0.25, -0.2) is 4.98 Å². The lowest BCUT2D eigenvalue weighted by molar-refractivity contribution is 0.295. The molecule has 3 nitrogen and oxygen atoms in total. The summed E-state index contributed by atoms with van der Waals surface area (Å²) in [5, 5.41) is 1.10. The molecule has 2 aromatic heterocycles. The van der Waals surface area contributed by atoms with Crippen LogP contribution >= 0.6 is 0 Å². The molecule has 5 aromatic rings. The minimum atomic E-state index is -0.0933. The van der Waals surface area contributed by atoms with Gasteiger partial charge >= 0.3 is 0 Å². The average Bonchev–Trinajstić information content (AvgIpc) is 3.27. The lowest BCUT2D eigenvalue weighted by Crippen LogP contribution is -2.11. The first kappa shape index (κ1) is 22.0. The van der Waals surface area contributed by atoms with Gasteiger partial charge in [0.2, 0.25) is 5.88 Å². The van der Waals surface area contributed by atoms with Gasteiger partial charge in [0.15, 0.2) is 0 Å². The molecule has 0 N–H and O–H groups in total. The van der Waals surface area contributed by atoms with Gasteiger partial charge in [0.05, 0.1) is 6.26 Å². The fourth-order valence-corrected chi connectivity index (χ4v) is 4.26. The van der Waals surface area contributed by atoms with E-state index < -0.39 is 0 Å². The summed E-state index contributed by atoms with van der Waals surface area (Å²) in [6.07, 6.45) is 3.66. The molecule has 3 heteroatoms. The Balaban J connectivity index is 1.64. The largest absolute Gasteiger partial charge is 0.472 e. The molecule has 0 atom stereocenters. The Labute approximate surface area is 201 Å². The Kier molecular flexibility index (Phi) is 5.70. The highest BCUT2D eigenvalue weighted by Crippen LogP contribution is 2.41. The maximum absolute atomic E-state index is 6.19. The first-order valence-corrected chi connectivity index (χ1v) is 11.6. The van der Waals surface area contributed by atoms with E-state index in [1.807, 2.05) is 30.5 Å². The van der Waals surface area contributed by atoms with Crippen LogP contribution in [0.3, 0.4) is 0 Å². The van der Waals surface area contributed by atoms with E-state index in [1.165, 1.54) is 5.56 Å². The highest BCUT2D eigenvalue weighted by atomic mass is 16.5. The first-order chi connectivity index (χ1) is 16.4. The Morgan fingerprint density at radius 1 is 0.824 bits per heavy atom. The fourth-order valence-electron chi connectivity index (χ4n) is 4.26.